The van der Waals surface area contributed by atoms with Crippen molar-refractivity contribution in [2.45, 2.75) is 0 Å². The fourth-order valence-corrected chi connectivity index (χ4v) is 4.05. The van der Waals surface area contributed by atoms with Crippen LogP contribution in [0.4, 0.5) is 5.69 Å². The van der Waals surface area contributed by atoms with Gasteiger partial charge < -0.3 is 0 Å². The van der Waals surface area contributed by atoms with Gasteiger partial charge in [0.15, 0.2) is 4.32 Å². The highest BCUT2D eigenvalue weighted by Gasteiger charge is 2.33. The summed E-state index contributed by atoms with van der Waals surface area (Å²) in [6.07, 6.45) is 5.09. The monoisotopic (exact) mass is 383 g/mol. The molecule has 0 bridgehead atoms. The number of thiocarbonyl (C=S) groups is 1. The summed E-state index contributed by atoms with van der Waals surface area (Å²) in [5, 5.41) is 0.555. The zero-order valence-electron chi connectivity index (χ0n) is 12.7. The van der Waals surface area contributed by atoms with Crippen LogP contribution in [0.25, 0.3) is 17.1 Å². The number of carbonyl (C=O) groups excluding carboxylic acids is 1. The van der Waals surface area contributed by atoms with Crippen LogP contribution in [0, 0.1) is 0 Å². The summed E-state index contributed by atoms with van der Waals surface area (Å²) in [6, 6.07) is 12.8. The number of benzene rings is 2. The van der Waals surface area contributed by atoms with Gasteiger partial charge in [0.25, 0.3) is 5.91 Å². The van der Waals surface area contributed by atoms with Crippen LogP contribution in [0.2, 0.25) is 5.02 Å². The minimum atomic E-state index is -0.168. The van der Waals surface area contributed by atoms with E-state index in [1.165, 1.54) is 16.7 Å². The van der Waals surface area contributed by atoms with E-state index in [0.29, 0.717) is 19.9 Å². The molecule has 7 heteroatoms. The first-order chi connectivity index (χ1) is 12.1. The summed E-state index contributed by atoms with van der Waals surface area (Å²) in [7, 11) is 0. The van der Waals surface area contributed by atoms with Gasteiger partial charge in [-0.1, -0.05) is 53.8 Å². The molecule has 1 fully saturated rings. The molecule has 1 aliphatic rings. The van der Waals surface area contributed by atoms with Gasteiger partial charge in [0.05, 0.1) is 21.6 Å². The molecule has 4 nitrogen and oxygen atoms in total. The van der Waals surface area contributed by atoms with Crippen LogP contribution in [-0.2, 0) is 4.79 Å². The maximum atomic E-state index is 12.8. The summed E-state index contributed by atoms with van der Waals surface area (Å²) in [4.78, 5) is 23.5. The normalized spacial score (nSPS) is 16.2. The molecule has 0 aliphatic carbocycles. The maximum Gasteiger partial charge on any atom is 0.270 e. The Hall–Kier alpha value is -2.28. The zero-order chi connectivity index (χ0) is 17.4. The molecule has 0 spiro atoms. The van der Waals surface area contributed by atoms with Gasteiger partial charge in [-0.15, -0.1) is 0 Å². The van der Waals surface area contributed by atoms with Crippen molar-refractivity contribution in [2.24, 2.45) is 0 Å². The van der Waals surface area contributed by atoms with Gasteiger partial charge in [0, 0.05) is 23.0 Å². The maximum absolute atomic E-state index is 12.8. The Balaban J connectivity index is 1.75. The molecule has 2 heterocycles. The van der Waals surface area contributed by atoms with Gasteiger partial charge in [-0.05, 0) is 30.3 Å². The molecular weight excluding hydrogens is 374 g/mol. The van der Waals surface area contributed by atoms with Crippen LogP contribution in [0.3, 0.4) is 0 Å². The first kappa shape index (κ1) is 16.2. The third-order valence-electron chi connectivity index (χ3n) is 3.68. The Kier molecular flexibility index (Phi) is 4.25. The summed E-state index contributed by atoms with van der Waals surface area (Å²) < 4.78 is 0.477. The van der Waals surface area contributed by atoms with Gasteiger partial charge in [0.1, 0.15) is 0 Å². The van der Waals surface area contributed by atoms with E-state index in [9.17, 15) is 4.79 Å². The Labute approximate surface area is 158 Å². The number of thioether (sulfide) groups is 1. The smallest absolute Gasteiger partial charge is 0.268 e. The van der Waals surface area contributed by atoms with Crippen LogP contribution >= 0.6 is 35.6 Å². The number of rotatable bonds is 2. The number of anilines is 1. The fraction of sp³-hybridized carbons (Fsp3) is 0. The van der Waals surface area contributed by atoms with Crippen molar-refractivity contribution < 1.29 is 4.79 Å². The third kappa shape index (κ3) is 3.04. The topological polar surface area (TPSA) is 46.1 Å². The first-order valence-electron chi connectivity index (χ1n) is 7.37. The summed E-state index contributed by atoms with van der Waals surface area (Å²) in [5.41, 5.74) is 3.02. The zero-order valence-corrected chi connectivity index (χ0v) is 15.1. The highest BCUT2D eigenvalue weighted by Crippen LogP contribution is 2.37. The second-order valence-electron chi connectivity index (χ2n) is 5.27. The molecule has 0 radical (unpaired) electrons. The number of hydrogen-bond donors (Lipinski definition) is 0. The van der Waals surface area contributed by atoms with Crippen molar-refractivity contribution in [3.8, 4) is 0 Å². The summed E-state index contributed by atoms with van der Waals surface area (Å²) in [5.74, 6) is -0.168. The van der Waals surface area contributed by atoms with E-state index >= 15 is 0 Å². The van der Waals surface area contributed by atoms with E-state index in [0.717, 1.165) is 16.6 Å². The van der Waals surface area contributed by atoms with E-state index < -0.39 is 0 Å². The number of hydrogen-bond acceptors (Lipinski definition) is 5. The van der Waals surface area contributed by atoms with Gasteiger partial charge in [-0.3, -0.25) is 19.7 Å². The van der Waals surface area contributed by atoms with Crippen LogP contribution in [0.5, 0.6) is 0 Å². The van der Waals surface area contributed by atoms with E-state index in [4.69, 9.17) is 23.8 Å². The lowest BCUT2D eigenvalue weighted by Gasteiger charge is -2.14. The van der Waals surface area contributed by atoms with E-state index in [-0.39, 0.29) is 5.91 Å². The van der Waals surface area contributed by atoms with Gasteiger partial charge in [0.2, 0.25) is 0 Å². The quantitative estimate of drug-likeness (QED) is 0.474. The molecule has 25 heavy (non-hydrogen) atoms. The lowest BCUT2D eigenvalue weighted by atomic mass is 10.1. The standard InChI is InChI=1S/C18H10ClN3OS2/c19-12-4-2-5-13(10-12)22-17(23)15(25-18(22)24)9-11-3-1-6-14-16(11)21-8-7-20-14/h1-10H. The first-order valence-corrected chi connectivity index (χ1v) is 8.97. The molecule has 4 rings (SSSR count). The number of nitrogens with zero attached hydrogens (tertiary/aromatic N) is 3. The second-order valence-corrected chi connectivity index (χ2v) is 7.38. The van der Waals surface area contributed by atoms with Crippen molar-refractivity contribution in [2.75, 3.05) is 4.90 Å². The van der Waals surface area contributed by atoms with Crippen molar-refractivity contribution in [1.29, 1.82) is 0 Å². The highest BCUT2D eigenvalue weighted by molar-refractivity contribution is 8.27. The molecule has 1 aliphatic heterocycles. The van der Waals surface area contributed by atoms with Crippen LogP contribution in [0.1, 0.15) is 5.56 Å². The summed E-state index contributed by atoms with van der Waals surface area (Å²) >= 11 is 12.7. The van der Waals surface area contributed by atoms with Crippen molar-refractivity contribution in [3.63, 3.8) is 0 Å². The predicted molar refractivity (Wildman–Crippen MR) is 107 cm³/mol. The second kappa shape index (κ2) is 6.55. The van der Waals surface area contributed by atoms with Crippen molar-refractivity contribution in [1.82, 2.24) is 9.97 Å². The van der Waals surface area contributed by atoms with E-state index in [1.54, 1.807) is 36.7 Å². The molecule has 122 valence electrons. The third-order valence-corrected chi connectivity index (χ3v) is 5.21. The average Bonchev–Trinajstić information content (AvgIpc) is 2.89. The van der Waals surface area contributed by atoms with Crippen LogP contribution in [-0.4, -0.2) is 20.2 Å². The van der Waals surface area contributed by atoms with Gasteiger partial charge in [-0.25, -0.2) is 0 Å². The Bertz CT molecular complexity index is 1050. The fourth-order valence-electron chi connectivity index (χ4n) is 2.58. The molecule has 0 saturated carbocycles. The summed E-state index contributed by atoms with van der Waals surface area (Å²) in [6.45, 7) is 0. The van der Waals surface area contributed by atoms with Gasteiger partial charge >= 0.3 is 0 Å². The van der Waals surface area contributed by atoms with Gasteiger partial charge in [-0.2, -0.15) is 0 Å². The van der Waals surface area contributed by atoms with E-state index in [1.807, 2.05) is 24.3 Å². The predicted octanol–water partition coefficient (Wildman–Crippen LogP) is 4.69. The number of aromatic nitrogens is 2. The van der Waals surface area contributed by atoms with Crippen molar-refractivity contribution >= 4 is 68.6 Å². The van der Waals surface area contributed by atoms with E-state index in [2.05, 4.69) is 9.97 Å². The average molecular weight is 384 g/mol. The molecule has 0 atom stereocenters. The lowest BCUT2D eigenvalue weighted by Crippen LogP contribution is -2.27. The molecule has 1 amide bonds. The Morgan fingerprint density at radius 2 is 1.92 bits per heavy atom. The van der Waals surface area contributed by atoms with Crippen LogP contribution in [0.15, 0.2) is 59.8 Å². The molecule has 1 aromatic heterocycles. The highest BCUT2D eigenvalue weighted by atomic mass is 35.5. The van der Waals surface area contributed by atoms with Crippen molar-refractivity contribution in [3.05, 3.63) is 70.3 Å². The Morgan fingerprint density at radius 1 is 1.12 bits per heavy atom. The minimum absolute atomic E-state index is 0.168. The number of fused-ring (bicyclic) bond motifs is 1. The number of para-hydroxylation sites is 1. The Morgan fingerprint density at radius 3 is 2.76 bits per heavy atom. The minimum Gasteiger partial charge on any atom is -0.268 e. The molecule has 2 aromatic carbocycles. The molecule has 3 aromatic rings. The number of carbonyl (C=O) groups is 1. The largest absolute Gasteiger partial charge is 0.270 e. The number of amides is 1. The lowest BCUT2D eigenvalue weighted by molar-refractivity contribution is -0.113. The molecule has 1 saturated heterocycles. The molecule has 0 unspecified atom stereocenters. The molecular formula is C18H10ClN3OS2. The number of halogens is 1. The SMILES string of the molecule is O=C1C(=Cc2cccc3nccnc23)SC(=S)N1c1cccc(Cl)c1. The molecule has 0 N–H and O–H groups in total. The van der Waals surface area contributed by atoms with Crippen LogP contribution < -0.4 is 4.90 Å².